The second kappa shape index (κ2) is 4.83. The first-order chi connectivity index (χ1) is 10.5. The van der Waals surface area contributed by atoms with E-state index in [0.717, 1.165) is 6.42 Å². The number of hydrogen-bond acceptors (Lipinski definition) is 4. The third-order valence-electron chi connectivity index (χ3n) is 7.79. The Kier molecular flexibility index (Phi) is 3.56. The average molecular weight is 405 g/mol. The van der Waals surface area contributed by atoms with Crippen molar-refractivity contribution in [1.82, 2.24) is 0 Å². The van der Waals surface area contributed by atoms with E-state index in [4.69, 9.17) is 9.16 Å². The van der Waals surface area contributed by atoms with E-state index in [1.54, 1.807) is 0 Å². The fraction of sp³-hybridized carbons (Fsp3) is 1.00. The summed E-state index contributed by atoms with van der Waals surface area (Å²) in [5.41, 5.74) is -0.342. The summed E-state index contributed by atoms with van der Waals surface area (Å²) in [4.78, 5) is 0.277. The standard InChI is InChI=1S/C17H29BrO4Si/c1-16(2,3)23(4,5)21-7-17-9-6-8-10(17)14(12(19)15(17)20)22-13(8)11(9)18/h8-15,19-20H,6-7H2,1-5H3/t8-,9-,10?,11?,12+,13+,14-,15+,17+/m1/s1. The summed E-state index contributed by atoms with van der Waals surface area (Å²) in [7, 11) is -1.90. The highest BCUT2D eigenvalue weighted by atomic mass is 79.9. The van der Waals surface area contributed by atoms with E-state index in [-0.39, 0.29) is 33.4 Å². The summed E-state index contributed by atoms with van der Waals surface area (Å²) < 4.78 is 12.7. The molecule has 4 aliphatic rings. The molecule has 2 N–H and O–H groups in total. The van der Waals surface area contributed by atoms with Crippen molar-refractivity contribution in [3.63, 3.8) is 0 Å². The van der Waals surface area contributed by atoms with Crippen LogP contribution in [0, 0.1) is 23.2 Å². The molecule has 9 atom stereocenters. The number of rotatable bonds is 3. The van der Waals surface area contributed by atoms with Crippen molar-refractivity contribution in [3.8, 4) is 0 Å². The highest BCUT2D eigenvalue weighted by Gasteiger charge is 2.79. The summed E-state index contributed by atoms with van der Waals surface area (Å²) in [5, 5.41) is 21.6. The number of fused-ring (bicyclic) bond motifs is 2. The summed E-state index contributed by atoms with van der Waals surface area (Å²) in [5.74, 6) is 1.05. The fourth-order valence-corrected chi connectivity index (χ4v) is 7.81. The van der Waals surface area contributed by atoms with Crippen LogP contribution in [0.15, 0.2) is 0 Å². The SMILES string of the molecule is CC(C)(C)[Si](C)(C)OC[C@@]12C3[C@H]4C[C@@H]1C(Br)[C@H]4O[C@H]3[C@H](O)[C@@H]2O. The number of halogens is 1. The van der Waals surface area contributed by atoms with Crippen LogP contribution in [0.2, 0.25) is 18.1 Å². The molecule has 1 saturated heterocycles. The monoisotopic (exact) mass is 404 g/mol. The van der Waals surface area contributed by atoms with Crippen LogP contribution in [0.1, 0.15) is 27.2 Å². The summed E-state index contributed by atoms with van der Waals surface area (Å²) >= 11 is 3.83. The molecule has 6 heteroatoms. The number of alkyl halides is 1. The smallest absolute Gasteiger partial charge is 0.192 e. The van der Waals surface area contributed by atoms with E-state index >= 15 is 0 Å². The molecule has 4 rings (SSSR count). The predicted molar refractivity (Wildman–Crippen MR) is 94.1 cm³/mol. The molecule has 4 nitrogen and oxygen atoms in total. The molecule has 132 valence electrons. The van der Waals surface area contributed by atoms with Gasteiger partial charge in [0.1, 0.15) is 6.10 Å². The molecule has 1 heterocycles. The van der Waals surface area contributed by atoms with Crippen molar-refractivity contribution < 1.29 is 19.4 Å². The summed E-state index contributed by atoms with van der Waals surface area (Å²) in [6.45, 7) is 11.8. The normalized spacial score (nSPS) is 54.3. The molecule has 1 aliphatic heterocycles. The van der Waals surface area contributed by atoms with Gasteiger partial charge in [-0.05, 0) is 36.4 Å². The zero-order valence-corrected chi connectivity index (χ0v) is 17.2. The first-order valence-electron chi connectivity index (χ1n) is 8.82. The molecular weight excluding hydrogens is 376 g/mol. The van der Waals surface area contributed by atoms with Crippen LogP contribution in [-0.4, -0.2) is 54.4 Å². The van der Waals surface area contributed by atoms with Gasteiger partial charge < -0.3 is 19.4 Å². The van der Waals surface area contributed by atoms with E-state index in [1.807, 2.05) is 0 Å². The van der Waals surface area contributed by atoms with E-state index < -0.39 is 20.5 Å². The minimum Gasteiger partial charge on any atom is -0.416 e. The Morgan fingerprint density at radius 2 is 1.91 bits per heavy atom. The lowest BCUT2D eigenvalue weighted by Gasteiger charge is -2.46. The van der Waals surface area contributed by atoms with Crippen LogP contribution < -0.4 is 0 Å². The topological polar surface area (TPSA) is 58.9 Å². The number of ether oxygens (including phenoxy) is 1. The van der Waals surface area contributed by atoms with Crippen molar-refractivity contribution in [1.29, 1.82) is 0 Å². The van der Waals surface area contributed by atoms with Gasteiger partial charge in [0.15, 0.2) is 8.32 Å². The molecule has 0 aromatic rings. The Bertz CT molecular complexity index is 521. The van der Waals surface area contributed by atoms with Gasteiger partial charge >= 0.3 is 0 Å². The van der Waals surface area contributed by atoms with Crippen LogP contribution in [0.4, 0.5) is 0 Å². The van der Waals surface area contributed by atoms with Gasteiger partial charge in [-0.15, -0.1) is 0 Å². The summed E-state index contributed by atoms with van der Waals surface area (Å²) in [6, 6.07) is 0. The van der Waals surface area contributed by atoms with Crippen LogP contribution in [0.25, 0.3) is 0 Å². The molecule has 0 radical (unpaired) electrons. The highest BCUT2D eigenvalue weighted by molar-refractivity contribution is 9.09. The van der Waals surface area contributed by atoms with Crippen LogP contribution in [-0.2, 0) is 9.16 Å². The van der Waals surface area contributed by atoms with Crippen LogP contribution in [0.5, 0.6) is 0 Å². The zero-order valence-electron chi connectivity index (χ0n) is 14.6. The molecule has 23 heavy (non-hydrogen) atoms. The van der Waals surface area contributed by atoms with Crippen molar-refractivity contribution >= 4 is 24.2 Å². The lowest BCUT2D eigenvalue weighted by Crippen LogP contribution is -2.55. The maximum absolute atomic E-state index is 10.9. The molecule has 0 amide bonds. The maximum Gasteiger partial charge on any atom is 0.192 e. The fourth-order valence-electron chi connectivity index (χ4n) is 5.54. The Labute approximate surface area is 148 Å². The third-order valence-corrected chi connectivity index (χ3v) is 13.4. The van der Waals surface area contributed by atoms with E-state index in [2.05, 4.69) is 49.8 Å². The van der Waals surface area contributed by atoms with Crippen molar-refractivity contribution in [2.24, 2.45) is 23.2 Å². The molecular formula is C17H29BrO4Si. The number of aliphatic hydroxyl groups is 2. The van der Waals surface area contributed by atoms with Crippen molar-refractivity contribution in [2.75, 3.05) is 6.61 Å². The van der Waals surface area contributed by atoms with Gasteiger partial charge in [-0.2, -0.15) is 0 Å². The van der Waals surface area contributed by atoms with Gasteiger partial charge in [0.05, 0.1) is 18.3 Å². The zero-order chi connectivity index (χ0) is 16.9. The second-order valence-electron chi connectivity index (χ2n) is 9.64. The molecule has 2 bridgehead atoms. The Hall–Kier alpha value is 0.537. The van der Waals surface area contributed by atoms with E-state index in [9.17, 15) is 10.2 Å². The molecule has 2 unspecified atom stereocenters. The average Bonchev–Trinajstić information content (AvgIpc) is 3.08. The highest BCUT2D eigenvalue weighted by Crippen LogP contribution is 2.72. The third kappa shape index (κ3) is 1.91. The summed E-state index contributed by atoms with van der Waals surface area (Å²) in [6.07, 6.45) is -0.419. The quantitative estimate of drug-likeness (QED) is 0.560. The predicted octanol–water partition coefficient (Wildman–Crippen LogP) is 2.53. The van der Waals surface area contributed by atoms with E-state index in [1.165, 1.54) is 0 Å². The Balaban J connectivity index is 1.66. The van der Waals surface area contributed by atoms with Gasteiger partial charge in [-0.1, -0.05) is 36.7 Å². The van der Waals surface area contributed by atoms with E-state index in [0.29, 0.717) is 18.4 Å². The maximum atomic E-state index is 10.9. The van der Waals surface area contributed by atoms with Gasteiger partial charge in [-0.3, -0.25) is 0 Å². The Morgan fingerprint density at radius 1 is 1.26 bits per heavy atom. The van der Waals surface area contributed by atoms with Gasteiger partial charge in [0.2, 0.25) is 0 Å². The van der Waals surface area contributed by atoms with Crippen LogP contribution >= 0.6 is 15.9 Å². The first-order valence-corrected chi connectivity index (χ1v) is 12.6. The van der Waals surface area contributed by atoms with Gasteiger partial charge in [0.25, 0.3) is 0 Å². The minimum atomic E-state index is -1.90. The molecule has 3 aliphatic carbocycles. The number of aliphatic hydroxyl groups excluding tert-OH is 2. The lowest BCUT2D eigenvalue weighted by atomic mass is 9.67. The molecule has 3 saturated carbocycles. The van der Waals surface area contributed by atoms with Gasteiger partial charge in [-0.25, -0.2) is 0 Å². The first kappa shape index (κ1) is 17.0. The van der Waals surface area contributed by atoms with Gasteiger partial charge in [0, 0.05) is 22.8 Å². The van der Waals surface area contributed by atoms with Crippen LogP contribution in [0.3, 0.4) is 0 Å². The van der Waals surface area contributed by atoms with Crippen molar-refractivity contribution in [2.45, 2.75) is 74.6 Å². The largest absolute Gasteiger partial charge is 0.416 e. The van der Waals surface area contributed by atoms with Crippen molar-refractivity contribution in [3.05, 3.63) is 0 Å². The second-order valence-corrected chi connectivity index (χ2v) is 15.5. The minimum absolute atomic E-state index is 0.144. The number of hydrogen-bond donors (Lipinski definition) is 2. The molecule has 0 spiro atoms. The molecule has 0 aromatic heterocycles. The molecule has 0 aromatic carbocycles. The molecule has 4 fully saturated rings. The lowest BCUT2D eigenvalue weighted by molar-refractivity contribution is -0.112. The Morgan fingerprint density at radius 3 is 2.52 bits per heavy atom.